The molecule has 2 amide bonds. The topological polar surface area (TPSA) is 58.6 Å². The molecular weight excluding hydrogens is 324 g/mol. The van der Waals surface area contributed by atoms with Gasteiger partial charge in [0.15, 0.2) is 0 Å². The van der Waals surface area contributed by atoms with Crippen LogP contribution in [-0.2, 0) is 9.53 Å². The highest BCUT2D eigenvalue weighted by Gasteiger charge is 2.43. The number of thioether (sulfide) groups is 1. The fourth-order valence-corrected chi connectivity index (χ4v) is 4.33. The number of ether oxygens (including phenoxy) is 1. The van der Waals surface area contributed by atoms with Gasteiger partial charge in [-0.25, -0.2) is 0 Å². The first-order valence-corrected chi connectivity index (χ1v) is 9.28. The molecule has 2 atom stereocenters. The second-order valence-electron chi connectivity index (χ2n) is 6.29. The molecule has 1 aliphatic heterocycles. The third-order valence-corrected chi connectivity index (χ3v) is 5.74. The van der Waals surface area contributed by atoms with E-state index >= 15 is 0 Å². The first-order chi connectivity index (χ1) is 11.5. The summed E-state index contributed by atoms with van der Waals surface area (Å²) in [6.07, 6.45) is 0. The Morgan fingerprint density at radius 1 is 1.38 bits per heavy atom. The van der Waals surface area contributed by atoms with Gasteiger partial charge in [0.05, 0.1) is 12.0 Å². The van der Waals surface area contributed by atoms with Crippen LogP contribution in [0.15, 0.2) is 24.3 Å². The van der Waals surface area contributed by atoms with E-state index in [0.717, 1.165) is 5.56 Å². The quantitative estimate of drug-likeness (QED) is 0.800. The molecule has 0 aliphatic carbocycles. The highest BCUT2D eigenvalue weighted by molar-refractivity contribution is 8.00. The first kappa shape index (κ1) is 18.8. The minimum atomic E-state index is -0.439. The smallest absolute Gasteiger partial charge is 0.255 e. The monoisotopic (exact) mass is 350 g/mol. The molecule has 2 unspecified atom stereocenters. The minimum absolute atomic E-state index is 0.00952. The maximum absolute atomic E-state index is 13.1. The molecule has 0 radical (unpaired) electrons. The molecule has 0 bridgehead atoms. The van der Waals surface area contributed by atoms with Crippen molar-refractivity contribution in [1.82, 2.24) is 10.2 Å². The third kappa shape index (κ3) is 4.11. The van der Waals surface area contributed by atoms with Crippen LogP contribution in [0, 0.1) is 12.8 Å². The van der Waals surface area contributed by atoms with Crippen LogP contribution in [0.5, 0.6) is 0 Å². The molecule has 1 heterocycles. The van der Waals surface area contributed by atoms with Gasteiger partial charge in [0.1, 0.15) is 6.04 Å². The number of benzene rings is 1. The van der Waals surface area contributed by atoms with Gasteiger partial charge in [-0.1, -0.05) is 32.0 Å². The molecule has 24 heavy (non-hydrogen) atoms. The molecule has 132 valence electrons. The van der Waals surface area contributed by atoms with Gasteiger partial charge < -0.3 is 15.0 Å². The van der Waals surface area contributed by atoms with E-state index in [1.807, 2.05) is 31.2 Å². The molecule has 1 aliphatic rings. The van der Waals surface area contributed by atoms with E-state index < -0.39 is 6.04 Å². The Balaban J connectivity index is 2.23. The first-order valence-electron chi connectivity index (χ1n) is 8.24. The van der Waals surface area contributed by atoms with Crippen LogP contribution in [0.4, 0.5) is 0 Å². The van der Waals surface area contributed by atoms with Crippen molar-refractivity contribution in [1.29, 1.82) is 0 Å². The van der Waals surface area contributed by atoms with Gasteiger partial charge in [-0.05, 0) is 24.5 Å². The summed E-state index contributed by atoms with van der Waals surface area (Å²) in [6.45, 7) is 7.01. The summed E-state index contributed by atoms with van der Waals surface area (Å²) in [7, 11) is 1.60. The highest BCUT2D eigenvalue weighted by Crippen LogP contribution is 2.35. The van der Waals surface area contributed by atoms with Crippen LogP contribution < -0.4 is 5.32 Å². The van der Waals surface area contributed by atoms with E-state index in [1.165, 1.54) is 0 Å². The van der Waals surface area contributed by atoms with E-state index in [9.17, 15) is 9.59 Å². The summed E-state index contributed by atoms with van der Waals surface area (Å²) in [5.74, 6) is 0.729. The second kappa shape index (κ2) is 8.53. The standard InChI is InChI=1S/C18H26N2O3S/c1-12(2)18-20(17(22)14-8-6-5-7-13(14)3)15(11-24-18)16(21)19-9-10-23-4/h5-8,12,15,18H,9-11H2,1-4H3,(H,19,21). The summed E-state index contributed by atoms with van der Waals surface area (Å²) in [6, 6.07) is 7.10. The average molecular weight is 350 g/mol. The van der Waals surface area contributed by atoms with Crippen molar-refractivity contribution >= 4 is 23.6 Å². The zero-order valence-electron chi connectivity index (χ0n) is 14.7. The molecule has 0 aromatic heterocycles. The Hall–Kier alpha value is -1.53. The minimum Gasteiger partial charge on any atom is -0.383 e. The summed E-state index contributed by atoms with van der Waals surface area (Å²) >= 11 is 1.68. The molecule has 1 aromatic carbocycles. The zero-order chi connectivity index (χ0) is 17.7. The Labute approximate surface area is 148 Å². The lowest BCUT2D eigenvalue weighted by molar-refractivity contribution is -0.125. The number of hydrogen-bond donors (Lipinski definition) is 1. The van der Waals surface area contributed by atoms with Gasteiger partial charge in [0.2, 0.25) is 5.91 Å². The van der Waals surface area contributed by atoms with Gasteiger partial charge in [-0.15, -0.1) is 11.8 Å². The number of nitrogens with one attached hydrogen (secondary N) is 1. The predicted octanol–water partition coefficient (Wildman–Crippen LogP) is 2.30. The van der Waals surface area contributed by atoms with E-state index in [2.05, 4.69) is 19.2 Å². The Kier molecular flexibility index (Phi) is 6.69. The van der Waals surface area contributed by atoms with Gasteiger partial charge in [0, 0.05) is 25.0 Å². The summed E-state index contributed by atoms with van der Waals surface area (Å²) in [5.41, 5.74) is 1.60. The maximum atomic E-state index is 13.1. The lowest BCUT2D eigenvalue weighted by Gasteiger charge is -2.31. The number of nitrogens with zero attached hydrogens (tertiary/aromatic N) is 1. The Bertz CT molecular complexity index is 591. The zero-order valence-corrected chi connectivity index (χ0v) is 15.6. The molecule has 1 fully saturated rings. The number of hydrogen-bond acceptors (Lipinski definition) is 4. The van der Waals surface area contributed by atoms with Crippen LogP contribution in [0.25, 0.3) is 0 Å². The Morgan fingerprint density at radius 2 is 2.08 bits per heavy atom. The number of amides is 2. The van der Waals surface area contributed by atoms with Gasteiger partial charge in [0.25, 0.3) is 5.91 Å². The molecule has 1 saturated heterocycles. The summed E-state index contributed by atoms with van der Waals surface area (Å²) < 4.78 is 4.97. The Morgan fingerprint density at radius 3 is 2.71 bits per heavy atom. The fourth-order valence-electron chi connectivity index (χ4n) is 2.85. The lowest BCUT2D eigenvalue weighted by Crippen LogP contribution is -2.51. The van der Waals surface area contributed by atoms with Crippen LogP contribution >= 0.6 is 11.8 Å². The molecule has 6 heteroatoms. The van der Waals surface area contributed by atoms with E-state index in [1.54, 1.807) is 23.8 Å². The van der Waals surface area contributed by atoms with Gasteiger partial charge >= 0.3 is 0 Å². The van der Waals surface area contributed by atoms with Crippen molar-refractivity contribution in [2.45, 2.75) is 32.2 Å². The molecule has 0 spiro atoms. The van der Waals surface area contributed by atoms with Crippen LogP contribution in [0.2, 0.25) is 0 Å². The maximum Gasteiger partial charge on any atom is 0.255 e. The molecule has 5 nitrogen and oxygen atoms in total. The van der Waals surface area contributed by atoms with Gasteiger partial charge in [-0.3, -0.25) is 9.59 Å². The normalized spacial score (nSPS) is 20.5. The fraction of sp³-hybridized carbons (Fsp3) is 0.556. The van der Waals surface area contributed by atoms with Crippen molar-refractivity contribution in [3.05, 3.63) is 35.4 Å². The SMILES string of the molecule is COCCNC(=O)C1CSC(C(C)C)N1C(=O)c1ccccc1C. The van der Waals surface area contributed by atoms with Crippen molar-refractivity contribution in [3.8, 4) is 0 Å². The molecule has 1 aromatic rings. The summed E-state index contributed by atoms with van der Waals surface area (Å²) in [5, 5.41) is 2.87. The van der Waals surface area contributed by atoms with Crippen molar-refractivity contribution in [3.63, 3.8) is 0 Å². The third-order valence-electron chi connectivity index (χ3n) is 4.12. The number of carbonyl (C=O) groups is 2. The number of carbonyl (C=O) groups excluding carboxylic acids is 2. The van der Waals surface area contributed by atoms with E-state index in [4.69, 9.17) is 4.74 Å². The predicted molar refractivity (Wildman–Crippen MR) is 97.1 cm³/mol. The van der Waals surface area contributed by atoms with Gasteiger partial charge in [-0.2, -0.15) is 0 Å². The number of rotatable bonds is 6. The molecule has 0 saturated carbocycles. The van der Waals surface area contributed by atoms with E-state index in [-0.39, 0.29) is 23.1 Å². The largest absolute Gasteiger partial charge is 0.383 e. The lowest BCUT2D eigenvalue weighted by atomic mass is 10.0. The number of aryl methyl sites for hydroxylation is 1. The van der Waals surface area contributed by atoms with Crippen LogP contribution in [-0.4, -0.2) is 54.1 Å². The number of methoxy groups -OCH3 is 1. The van der Waals surface area contributed by atoms with Crippen molar-refractivity contribution in [2.24, 2.45) is 5.92 Å². The van der Waals surface area contributed by atoms with Crippen LogP contribution in [0.1, 0.15) is 29.8 Å². The van der Waals surface area contributed by atoms with E-state index in [0.29, 0.717) is 24.5 Å². The summed E-state index contributed by atoms with van der Waals surface area (Å²) in [4.78, 5) is 27.4. The second-order valence-corrected chi connectivity index (χ2v) is 7.44. The average Bonchev–Trinajstić information content (AvgIpc) is 3.00. The molecule has 2 rings (SSSR count). The molecule has 1 N–H and O–H groups in total. The molecular formula is C18H26N2O3S. The van der Waals surface area contributed by atoms with Crippen molar-refractivity contribution < 1.29 is 14.3 Å². The highest BCUT2D eigenvalue weighted by atomic mass is 32.2. The van der Waals surface area contributed by atoms with Crippen molar-refractivity contribution in [2.75, 3.05) is 26.0 Å². The van der Waals surface area contributed by atoms with Crippen LogP contribution in [0.3, 0.4) is 0 Å².